The number of nitrogens with zero attached hydrogens (tertiary/aromatic N) is 2. The molecule has 4 rings (SSSR count). The quantitative estimate of drug-likeness (QED) is 0.436. The van der Waals surface area contributed by atoms with Gasteiger partial charge in [0.25, 0.3) is 11.5 Å². The van der Waals surface area contributed by atoms with Gasteiger partial charge in [0.15, 0.2) is 17.3 Å². The summed E-state index contributed by atoms with van der Waals surface area (Å²) in [5.41, 5.74) is 0.349. The van der Waals surface area contributed by atoms with Crippen LogP contribution in [0, 0.1) is 0 Å². The Hall–Kier alpha value is -4.07. The number of fused-ring (bicyclic) bond motifs is 1. The Morgan fingerprint density at radius 1 is 1.06 bits per heavy atom. The molecule has 0 aliphatic heterocycles. The van der Waals surface area contributed by atoms with Crippen LogP contribution in [0.4, 0.5) is 0 Å². The zero-order chi connectivity index (χ0) is 23.4. The smallest absolute Gasteiger partial charge is 0.290 e. The maximum atomic E-state index is 13.2. The van der Waals surface area contributed by atoms with E-state index in [4.69, 9.17) is 13.9 Å². The number of hydrogen-bond donors (Lipinski definition) is 1. The van der Waals surface area contributed by atoms with E-state index in [0.717, 1.165) is 0 Å². The van der Waals surface area contributed by atoms with Gasteiger partial charge >= 0.3 is 0 Å². The van der Waals surface area contributed by atoms with Crippen LogP contribution in [0.1, 0.15) is 36.0 Å². The fourth-order valence-electron chi connectivity index (χ4n) is 3.46. The predicted molar refractivity (Wildman–Crippen MR) is 123 cm³/mol. The molecule has 0 saturated carbocycles. The molecule has 0 bridgehead atoms. The van der Waals surface area contributed by atoms with E-state index in [1.54, 1.807) is 54.5 Å². The van der Waals surface area contributed by atoms with Crippen LogP contribution in [-0.2, 0) is 13.2 Å². The average molecular weight is 447 g/mol. The van der Waals surface area contributed by atoms with E-state index in [1.807, 2.05) is 32.0 Å². The standard InChI is InChI=1S/C25H25N3O5/c1-16(2)28(14-23-26-19-9-5-4-8-18(19)24(29)27-23)25(30)22-13-12-17(33-22)15-32-21-11-7-6-10-20(21)31-3/h4-13,16H,14-15H2,1-3H3,(H,26,27,29). The number of carbonyl (C=O) groups is 1. The van der Waals surface area contributed by atoms with E-state index >= 15 is 0 Å². The van der Waals surface area contributed by atoms with Crippen LogP contribution in [0.15, 0.2) is 69.9 Å². The van der Waals surface area contributed by atoms with Gasteiger partial charge in [-0.3, -0.25) is 9.59 Å². The van der Waals surface area contributed by atoms with E-state index in [-0.39, 0.29) is 36.4 Å². The van der Waals surface area contributed by atoms with Crippen LogP contribution in [-0.4, -0.2) is 33.9 Å². The first-order chi connectivity index (χ1) is 16.0. The van der Waals surface area contributed by atoms with Gasteiger partial charge in [-0.15, -0.1) is 0 Å². The minimum Gasteiger partial charge on any atom is -0.493 e. The molecular weight excluding hydrogens is 422 g/mol. The molecule has 0 atom stereocenters. The molecule has 4 aromatic rings. The average Bonchev–Trinajstić information content (AvgIpc) is 3.30. The number of benzene rings is 2. The molecule has 0 aliphatic rings. The topological polar surface area (TPSA) is 97.7 Å². The summed E-state index contributed by atoms with van der Waals surface area (Å²) in [5.74, 6) is 2.00. The first kappa shape index (κ1) is 22.1. The molecule has 1 amide bonds. The van der Waals surface area contributed by atoms with Gasteiger partial charge < -0.3 is 23.8 Å². The maximum Gasteiger partial charge on any atom is 0.290 e. The molecule has 0 fully saturated rings. The second-order valence-electron chi connectivity index (χ2n) is 7.76. The third-order valence-corrected chi connectivity index (χ3v) is 5.18. The van der Waals surface area contributed by atoms with Crippen molar-refractivity contribution < 1.29 is 18.7 Å². The van der Waals surface area contributed by atoms with Gasteiger partial charge in [-0.2, -0.15) is 0 Å². The van der Waals surface area contributed by atoms with Crippen molar-refractivity contribution in [2.75, 3.05) is 7.11 Å². The second kappa shape index (κ2) is 9.60. The highest BCUT2D eigenvalue weighted by Crippen LogP contribution is 2.27. The highest BCUT2D eigenvalue weighted by atomic mass is 16.5. The molecule has 2 aromatic carbocycles. The summed E-state index contributed by atoms with van der Waals surface area (Å²) in [7, 11) is 1.57. The minimum absolute atomic E-state index is 0.143. The van der Waals surface area contributed by atoms with Crippen LogP contribution in [0.25, 0.3) is 10.9 Å². The molecule has 33 heavy (non-hydrogen) atoms. The summed E-state index contributed by atoms with van der Waals surface area (Å²) in [6, 6.07) is 17.6. The number of aromatic nitrogens is 2. The zero-order valence-corrected chi connectivity index (χ0v) is 18.7. The van der Waals surface area contributed by atoms with E-state index < -0.39 is 0 Å². The van der Waals surface area contributed by atoms with E-state index in [1.165, 1.54) is 0 Å². The highest BCUT2D eigenvalue weighted by Gasteiger charge is 2.23. The number of H-pyrrole nitrogens is 1. The van der Waals surface area contributed by atoms with Crippen LogP contribution in [0.5, 0.6) is 11.5 Å². The number of methoxy groups -OCH3 is 1. The lowest BCUT2D eigenvalue weighted by Gasteiger charge is -2.25. The van der Waals surface area contributed by atoms with Crippen molar-refractivity contribution in [3.05, 3.63) is 88.4 Å². The number of nitrogens with one attached hydrogen (secondary N) is 1. The molecular formula is C25H25N3O5. The van der Waals surface area contributed by atoms with Crippen LogP contribution < -0.4 is 15.0 Å². The summed E-state index contributed by atoms with van der Waals surface area (Å²) in [6.07, 6.45) is 0. The van der Waals surface area contributed by atoms with Crippen molar-refractivity contribution in [3.63, 3.8) is 0 Å². The Labute approximate surface area is 190 Å². The maximum absolute atomic E-state index is 13.2. The van der Waals surface area contributed by atoms with Gasteiger partial charge in [0.2, 0.25) is 0 Å². The third-order valence-electron chi connectivity index (χ3n) is 5.18. The molecule has 2 heterocycles. The molecule has 2 aromatic heterocycles. The van der Waals surface area contributed by atoms with E-state index in [2.05, 4.69) is 9.97 Å². The summed E-state index contributed by atoms with van der Waals surface area (Å²) >= 11 is 0. The fraction of sp³-hybridized carbons (Fsp3) is 0.240. The Morgan fingerprint density at radius 2 is 1.79 bits per heavy atom. The first-order valence-electron chi connectivity index (χ1n) is 10.6. The number of para-hydroxylation sites is 3. The lowest BCUT2D eigenvalue weighted by Crippen LogP contribution is -2.37. The second-order valence-corrected chi connectivity index (χ2v) is 7.76. The number of carbonyl (C=O) groups excluding carboxylic acids is 1. The van der Waals surface area contributed by atoms with Crippen molar-refractivity contribution >= 4 is 16.8 Å². The molecule has 8 nitrogen and oxygen atoms in total. The van der Waals surface area contributed by atoms with Gasteiger partial charge in [-0.25, -0.2) is 4.98 Å². The monoisotopic (exact) mass is 447 g/mol. The van der Waals surface area contributed by atoms with Crippen LogP contribution in [0.2, 0.25) is 0 Å². The van der Waals surface area contributed by atoms with Crippen LogP contribution >= 0.6 is 0 Å². The lowest BCUT2D eigenvalue weighted by atomic mass is 10.2. The normalized spacial score (nSPS) is 11.0. The highest BCUT2D eigenvalue weighted by molar-refractivity contribution is 5.91. The number of rotatable bonds is 8. The first-order valence-corrected chi connectivity index (χ1v) is 10.6. The molecule has 0 saturated heterocycles. The van der Waals surface area contributed by atoms with E-state index in [0.29, 0.717) is 34.0 Å². The van der Waals surface area contributed by atoms with Gasteiger partial charge in [-0.05, 0) is 50.2 Å². The van der Waals surface area contributed by atoms with E-state index in [9.17, 15) is 9.59 Å². The minimum atomic E-state index is -0.302. The summed E-state index contributed by atoms with van der Waals surface area (Å²) in [5, 5.41) is 0.509. The Balaban J connectivity index is 1.50. The Morgan fingerprint density at radius 3 is 2.55 bits per heavy atom. The largest absolute Gasteiger partial charge is 0.493 e. The molecule has 8 heteroatoms. The van der Waals surface area contributed by atoms with Crippen molar-refractivity contribution in [2.24, 2.45) is 0 Å². The Kier molecular flexibility index (Phi) is 6.44. The van der Waals surface area contributed by atoms with Crippen molar-refractivity contribution in [1.29, 1.82) is 0 Å². The molecule has 1 N–H and O–H groups in total. The number of amides is 1. The zero-order valence-electron chi connectivity index (χ0n) is 18.7. The molecule has 170 valence electrons. The predicted octanol–water partition coefficient (Wildman–Crippen LogP) is 4.15. The number of furan rings is 1. The number of aromatic amines is 1. The van der Waals surface area contributed by atoms with Gasteiger partial charge in [0, 0.05) is 6.04 Å². The number of ether oxygens (including phenoxy) is 2. The molecule has 0 radical (unpaired) electrons. The molecule has 0 aliphatic carbocycles. The third kappa shape index (κ3) is 4.90. The summed E-state index contributed by atoms with van der Waals surface area (Å²) < 4.78 is 16.8. The van der Waals surface area contributed by atoms with Crippen molar-refractivity contribution in [3.8, 4) is 11.5 Å². The lowest BCUT2D eigenvalue weighted by molar-refractivity contribution is 0.0648. The van der Waals surface area contributed by atoms with Gasteiger partial charge in [-0.1, -0.05) is 24.3 Å². The summed E-state index contributed by atoms with van der Waals surface area (Å²) in [6.45, 7) is 4.08. The van der Waals surface area contributed by atoms with Crippen molar-refractivity contribution in [2.45, 2.75) is 33.0 Å². The Bertz CT molecular complexity index is 1320. The molecule has 0 unspecified atom stereocenters. The number of hydrogen-bond acceptors (Lipinski definition) is 6. The molecule has 0 spiro atoms. The van der Waals surface area contributed by atoms with Gasteiger partial charge in [0.1, 0.15) is 18.2 Å². The summed E-state index contributed by atoms with van der Waals surface area (Å²) in [4.78, 5) is 34.4. The van der Waals surface area contributed by atoms with Crippen LogP contribution in [0.3, 0.4) is 0 Å². The van der Waals surface area contributed by atoms with Gasteiger partial charge in [0.05, 0.1) is 24.6 Å². The fourth-order valence-corrected chi connectivity index (χ4v) is 3.46. The SMILES string of the molecule is COc1ccccc1OCc1ccc(C(=O)N(Cc2nc3ccccc3c(=O)[nH]2)C(C)C)o1. The van der Waals surface area contributed by atoms with Crippen molar-refractivity contribution in [1.82, 2.24) is 14.9 Å².